The van der Waals surface area contributed by atoms with E-state index in [9.17, 15) is 8.42 Å². The minimum Gasteiger partial charge on any atom is -0.210 e. The van der Waals surface area contributed by atoms with E-state index in [4.69, 9.17) is 5.26 Å². The van der Waals surface area contributed by atoms with Crippen molar-refractivity contribution in [2.45, 2.75) is 36.8 Å². The Morgan fingerprint density at radius 3 is 2.63 bits per heavy atom. The SMILES string of the molecule is CC1CCC(CNS(=O)(=O)c2ccc(C#N)s2)CC1. The zero-order valence-electron chi connectivity index (χ0n) is 10.9. The Morgan fingerprint density at radius 2 is 2.05 bits per heavy atom. The van der Waals surface area contributed by atoms with Gasteiger partial charge in [0.15, 0.2) is 0 Å². The van der Waals surface area contributed by atoms with E-state index in [0.29, 0.717) is 17.3 Å². The molecular weight excluding hydrogens is 280 g/mol. The van der Waals surface area contributed by atoms with Gasteiger partial charge in [0.2, 0.25) is 10.0 Å². The first-order chi connectivity index (χ1) is 9.01. The predicted octanol–water partition coefficient (Wildman–Crippen LogP) is 2.72. The number of nitrogens with one attached hydrogen (secondary N) is 1. The molecule has 0 amide bonds. The summed E-state index contributed by atoms with van der Waals surface area (Å²) in [6.07, 6.45) is 4.56. The average Bonchev–Trinajstić information content (AvgIpc) is 2.88. The molecule has 6 heteroatoms. The van der Waals surface area contributed by atoms with Gasteiger partial charge in [-0.05, 0) is 36.8 Å². The van der Waals surface area contributed by atoms with Crippen LogP contribution in [0.15, 0.2) is 16.3 Å². The van der Waals surface area contributed by atoms with Crippen LogP contribution in [0.4, 0.5) is 0 Å². The van der Waals surface area contributed by atoms with Crippen molar-refractivity contribution in [2.75, 3.05) is 6.54 Å². The highest BCUT2D eigenvalue weighted by atomic mass is 32.2. The zero-order valence-corrected chi connectivity index (χ0v) is 12.6. The second kappa shape index (κ2) is 6.04. The van der Waals surface area contributed by atoms with Crippen molar-refractivity contribution in [3.05, 3.63) is 17.0 Å². The normalized spacial score (nSPS) is 24.0. The van der Waals surface area contributed by atoms with Gasteiger partial charge in [0.1, 0.15) is 15.2 Å². The van der Waals surface area contributed by atoms with Gasteiger partial charge in [0.05, 0.1) is 0 Å². The topological polar surface area (TPSA) is 70.0 Å². The van der Waals surface area contributed by atoms with Crippen LogP contribution >= 0.6 is 11.3 Å². The van der Waals surface area contributed by atoms with Crippen LogP contribution in [0.2, 0.25) is 0 Å². The van der Waals surface area contributed by atoms with Crippen molar-refractivity contribution in [3.8, 4) is 6.07 Å². The number of sulfonamides is 1. The van der Waals surface area contributed by atoms with Crippen LogP contribution in [-0.2, 0) is 10.0 Å². The molecule has 1 N–H and O–H groups in total. The highest BCUT2D eigenvalue weighted by Crippen LogP contribution is 2.28. The van der Waals surface area contributed by atoms with Crippen LogP contribution in [0.25, 0.3) is 0 Å². The predicted molar refractivity (Wildman–Crippen MR) is 75.3 cm³/mol. The second-order valence-electron chi connectivity index (χ2n) is 5.21. The molecule has 1 heterocycles. The van der Waals surface area contributed by atoms with E-state index in [-0.39, 0.29) is 4.21 Å². The molecule has 1 fully saturated rings. The molecule has 104 valence electrons. The number of hydrogen-bond donors (Lipinski definition) is 1. The molecule has 0 aromatic carbocycles. The highest BCUT2D eigenvalue weighted by Gasteiger charge is 2.22. The Labute approximate surface area is 118 Å². The Bertz CT molecular complexity index is 564. The summed E-state index contributed by atoms with van der Waals surface area (Å²) in [5.74, 6) is 1.21. The van der Waals surface area contributed by atoms with Gasteiger partial charge in [0, 0.05) is 6.54 Å². The molecule has 2 rings (SSSR count). The summed E-state index contributed by atoms with van der Waals surface area (Å²) in [5.41, 5.74) is 0. The largest absolute Gasteiger partial charge is 0.250 e. The molecule has 1 saturated carbocycles. The van der Waals surface area contributed by atoms with Crippen molar-refractivity contribution in [1.82, 2.24) is 4.72 Å². The Morgan fingerprint density at radius 1 is 1.37 bits per heavy atom. The van der Waals surface area contributed by atoms with Crippen LogP contribution in [0, 0.1) is 23.2 Å². The van der Waals surface area contributed by atoms with Gasteiger partial charge >= 0.3 is 0 Å². The summed E-state index contributed by atoms with van der Waals surface area (Å²) in [7, 11) is -3.45. The van der Waals surface area contributed by atoms with Crippen molar-refractivity contribution >= 4 is 21.4 Å². The number of hydrogen-bond acceptors (Lipinski definition) is 4. The lowest BCUT2D eigenvalue weighted by Crippen LogP contribution is -2.30. The molecule has 1 aliphatic rings. The highest BCUT2D eigenvalue weighted by molar-refractivity contribution is 7.91. The molecule has 19 heavy (non-hydrogen) atoms. The second-order valence-corrected chi connectivity index (χ2v) is 8.29. The monoisotopic (exact) mass is 298 g/mol. The Hall–Kier alpha value is -0.900. The standard InChI is InChI=1S/C13H18N2O2S2/c1-10-2-4-11(5-3-10)9-15-19(16,17)13-7-6-12(8-14)18-13/h6-7,10-11,15H,2-5,9H2,1H3. The number of nitriles is 1. The van der Waals surface area contributed by atoms with E-state index in [0.717, 1.165) is 30.1 Å². The van der Waals surface area contributed by atoms with Gasteiger partial charge in [-0.2, -0.15) is 5.26 Å². The van der Waals surface area contributed by atoms with E-state index in [1.54, 1.807) is 6.07 Å². The molecule has 4 nitrogen and oxygen atoms in total. The van der Waals surface area contributed by atoms with E-state index in [1.807, 2.05) is 6.07 Å². The molecule has 0 aliphatic heterocycles. The number of thiophene rings is 1. The molecule has 1 aromatic rings. The fourth-order valence-corrected chi connectivity index (χ4v) is 4.62. The van der Waals surface area contributed by atoms with Crippen LogP contribution in [0.1, 0.15) is 37.5 Å². The molecule has 1 aliphatic carbocycles. The van der Waals surface area contributed by atoms with Gasteiger partial charge in [-0.1, -0.05) is 19.8 Å². The lowest BCUT2D eigenvalue weighted by molar-refractivity contribution is 0.290. The van der Waals surface area contributed by atoms with Crippen LogP contribution in [0.3, 0.4) is 0 Å². The van der Waals surface area contributed by atoms with Gasteiger partial charge in [0.25, 0.3) is 0 Å². The van der Waals surface area contributed by atoms with Gasteiger partial charge in [-0.3, -0.25) is 0 Å². The van der Waals surface area contributed by atoms with Gasteiger partial charge in [-0.15, -0.1) is 11.3 Å². The number of nitrogens with zero attached hydrogens (tertiary/aromatic N) is 1. The maximum Gasteiger partial charge on any atom is 0.250 e. The van der Waals surface area contributed by atoms with Gasteiger partial charge in [-0.25, -0.2) is 13.1 Å². The minimum absolute atomic E-state index is 0.230. The van der Waals surface area contributed by atoms with Crippen LogP contribution < -0.4 is 4.72 Å². The van der Waals surface area contributed by atoms with Crippen molar-refractivity contribution in [2.24, 2.45) is 11.8 Å². The summed E-state index contributed by atoms with van der Waals surface area (Å²) in [5, 5.41) is 8.72. The molecular formula is C13H18N2O2S2. The summed E-state index contributed by atoms with van der Waals surface area (Å²) in [4.78, 5) is 0.423. The smallest absolute Gasteiger partial charge is 0.210 e. The van der Waals surface area contributed by atoms with Crippen LogP contribution in [-0.4, -0.2) is 15.0 Å². The molecule has 0 radical (unpaired) electrons. The first kappa shape index (κ1) is 14.5. The third-order valence-electron chi connectivity index (χ3n) is 3.65. The molecule has 0 unspecified atom stereocenters. The molecule has 0 atom stereocenters. The Balaban J connectivity index is 1.93. The van der Waals surface area contributed by atoms with Crippen molar-refractivity contribution < 1.29 is 8.42 Å². The zero-order chi connectivity index (χ0) is 13.9. The molecule has 0 spiro atoms. The Kier molecular flexibility index (Phi) is 4.61. The lowest BCUT2D eigenvalue weighted by atomic mass is 9.83. The van der Waals surface area contributed by atoms with Crippen molar-refractivity contribution in [3.63, 3.8) is 0 Å². The minimum atomic E-state index is -3.45. The van der Waals surface area contributed by atoms with E-state index in [2.05, 4.69) is 11.6 Å². The fourth-order valence-electron chi connectivity index (χ4n) is 2.36. The maximum absolute atomic E-state index is 12.1. The molecule has 0 saturated heterocycles. The van der Waals surface area contributed by atoms with E-state index < -0.39 is 10.0 Å². The summed E-state index contributed by atoms with van der Waals surface area (Å²) < 4.78 is 27.0. The fraction of sp³-hybridized carbons (Fsp3) is 0.615. The quantitative estimate of drug-likeness (QED) is 0.929. The molecule has 1 aromatic heterocycles. The summed E-state index contributed by atoms with van der Waals surface area (Å²) in [6.45, 7) is 2.75. The third kappa shape index (κ3) is 3.78. The average molecular weight is 298 g/mol. The summed E-state index contributed by atoms with van der Waals surface area (Å²) >= 11 is 1.02. The number of rotatable bonds is 4. The van der Waals surface area contributed by atoms with E-state index in [1.165, 1.54) is 18.9 Å². The third-order valence-corrected chi connectivity index (χ3v) is 6.56. The first-order valence-electron chi connectivity index (χ1n) is 6.51. The lowest BCUT2D eigenvalue weighted by Gasteiger charge is -2.26. The van der Waals surface area contributed by atoms with Crippen molar-refractivity contribution in [1.29, 1.82) is 5.26 Å². The molecule has 0 bridgehead atoms. The maximum atomic E-state index is 12.1. The summed E-state index contributed by atoms with van der Waals surface area (Å²) in [6, 6.07) is 4.99. The van der Waals surface area contributed by atoms with Gasteiger partial charge < -0.3 is 0 Å². The van der Waals surface area contributed by atoms with E-state index >= 15 is 0 Å². The van der Waals surface area contributed by atoms with Crippen LogP contribution in [0.5, 0.6) is 0 Å². The first-order valence-corrected chi connectivity index (χ1v) is 8.81.